The fraction of sp³-hybridized carbons (Fsp3) is 0.302. The van der Waals surface area contributed by atoms with Gasteiger partial charge in [0.2, 0.25) is 0 Å². The van der Waals surface area contributed by atoms with Crippen molar-refractivity contribution >= 4 is 38.7 Å². The molecule has 0 aliphatic heterocycles. The first-order valence-corrected chi connectivity index (χ1v) is 17.7. The number of aryl methyl sites for hydroxylation is 8. The predicted molar refractivity (Wildman–Crippen MR) is 222 cm³/mol. The van der Waals surface area contributed by atoms with E-state index < -0.39 is 0 Å². The molecule has 0 saturated carbocycles. The van der Waals surface area contributed by atoms with E-state index in [2.05, 4.69) is 119 Å². The number of rotatable bonds is 5. The molecule has 5 rings (SSSR count). The number of alkyl halides is 1. The van der Waals surface area contributed by atoms with Gasteiger partial charge in [0, 0.05) is 47.9 Å². The van der Waals surface area contributed by atoms with E-state index in [1.54, 1.807) is 32.4 Å². The van der Waals surface area contributed by atoms with E-state index in [1.807, 2.05) is 25.1 Å². The number of anilines is 4. The number of methoxy groups -OCH3 is 2. The van der Waals surface area contributed by atoms with Gasteiger partial charge < -0.3 is 32.4 Å². The quantitative estimate of drug-likeness (QED) is 0.105. The second kappa shape index (κ2) is 23.2. The van der Waals surface area contributed by atoms with Gasteiger partial charge in [-0.25, -0.2) is 0 Å². The Kier molecular flexibility index (Phi) is 20.3. The molecule has 5 aromatic rings. The Labute approximate surface area is 310 Å². The predicted octanol–water partition coefficient (Wildman–Crippen LogP) is 10.4. The molecule has 50 heavy (non-hydrogen) atoms. The van der Waals surface area contributed by atoms with Crippen LogP contribution in [-0.4, -0.2) is 14.2 Å². The Morgan fingerprint density at radius 3 is 1.30 bits per heavy atom. The summed E-state index contributed by atoms with van der Waals surface area (Å²) in [5.41, 5.74) is 39.2. The average Bonchev–Trinajstić information content (AvgIpc) is 3.07. The van der Waals surface area contributed by atoms with Crippen LogP contribution in [0.3, 0.4) is 0 Å². The molecule has 0 aromatic heterocycles. The van der Waals surface area contributed by atoms with Crippen molar-refractivity contribution in [2.24, 2.45) is 0 Å². The second-order valence-electron chi connectivity index (χ2n) is 12.5. The van der Waals surface area contributed by atoms with Crippen LogP contribution in [0.25, 0.3) is 0 Å². The van der Waals surface area contributed by atoms with Gasteiger partial charge in [0.1, 0.15) is 0 Å². The first kappa shape index (κ1) is 43.7. The summed E-state index contributed by atoms with van der Waals surface area (Å²) in [5, 5.41) is 0.959. The summed E-state index contributed by atoms with van der Waals surface area (Å²) in [6.07, 6.45) is 0. The Bertz CT molecular complexity index is 1650. The number of hydrogen-bond acceptors (Lipinski definition) is 6. The third-order valence-electron chi connectivity index (χ3n) is 7.88. The minimum atomic E-state index is 0.511. The van der Waals surface area contributed by atoms with Gasteiger partial charge >= 0.3 is 0 Å². The van der Waals surface area contributed by atoms with E-state index in [0.717, 1.165) is 33.5 Å². The van der Waals surface area contributed by atoms with Crippen LogP contribution in [-0.2, 0) is 28.0 Å². The maximum Gasteiger partial charge on any atom is 0.0733 e. The summed E-state index contributed by atoms with van der Waals surface area (Å²) in [5.74, 6) is 0. The lowest BCUT2D eigenvalue weighted by Gasteiger charge is -2.04. The maximum atomic E-state index is 5.64. The molecule has 0 radical (unpaired) electrons. The molecular formula is C43H59BrN4O2. The molecule has 0 amide bonds. The lowest BCUT2D eigenvalue weighted by molar-refractivity contribution is 0.184. The summed E-state index contributed by atoms with van der Waals surface area (Å²) >= 11 is 3.44. The van der Waals surface area contributed by atoms with E-state index in [0.29, 0.717) is 18.9 Å². The molecule has 0 aliphatic carbocycles. The Morgan fingerprint density at radius 2 is 0.860 bits per heavy atom. The highest BCUT2D eigenvalue weighted by atomic mass is 79.9. The van der Waals surface area contributed by atoms with Gasteiger partial charge in [-0.1, -0.05) is 87.2 Å². The van der Waals surface area contributed by atoms with E-state index in [1.165, 1.54) is 50.1 Å². The summed E-state index contributed by atoms with van der Waals surface area (Å²) in [4.78, 5) is 0. The van der Waals surface area contributed by atoms with Crippen LogP contribution in [0.2, 0.25) is 0 Å². The van der Waals surface area contributed by atoms with Crippen molar-refractivity contribution in [1.29, 1.82) is 0 Å². The van der Waals surface area contributed by atoms with Gasteiger partial charge in [-0.15, -0.1) is 0 Å². The Hall–Kier alpha value is -4.30. The minimum absolute atomic E-state index is 0.511. The number of halogens is 1. The number of nitrogens with two attached hydrogens (primary N) is 4. The smallest absolute Gasteiger partial charge is 0.0733 e. The largest absolute Gasteiger partial charge is 0.399 e. The van der Waals surface area contributed by atoms with Crippen LogP contribution in [0.1, 0.15) is 61.2 Å². The van der Waals surface area contributed by atoms with E-state index in [9.17, 15) is 0 Å². The summed E-state index contributed by atoms with van der Waals surface area (Å²) in [6.45, 7) is 18.0. The number of nitrogen functional groups attached to an aromatic ring is 4. The molecule has 5 aromatic carbocycles. The zero-order valence-corrected chi connectivity index (χ0v) is 33.4. The van der Waals surface area contributed by atoms with Gasteiger partial charge in [0.25, 0.3) is 0 Å². The minimum Gasteiger partial charge on any atom is -0.399 e. The van der Waals surface area contributed by atoms with Crippen molar-refractivity contribution in [3.8, 4) is 0 Å². The van der Waals surface area contributed by atoms with Crippen LogP contribution in [0.5, 0.6) is 0 Å². The van der Waals surface area contributed by atoms with E-state index in [4.69, 9.17) is 32.4 Å². The first-order valence-electron chi connectivity index (χ1n) is 16.6. The molecule has 0 bridgehead atoms. The molecule has 0 fully saturated rings. The van der Waals surface area contributed by atoms with Gasteiger partial charge in [-0.05, 0) is 131 Å². The third kappa shape index (κ3) is 16.9. The zero-order valence-electron chi connectivity index (χ0n) is 31.8. The summed E-state index contributed by atoms with van der Waals surface area (Å²) in [7, 11) is 3.35. The molecule has 270 valence electrons. The van der Waals surface area contributed by atoms with Gasteiger partial charge in [0.15, 0.2) is 0 Å². The van der Waals surface area contributed by atoms with E-state index in [-0.39, 0.29) is 0 Å². The standard InChI is InChI=1S/C10H14O.C9H11Br.C9H12.C8H12N2O.C7H10N2/c1-8-4-5-9(2)10(6-8)7-11-3;1-7-3-4-8(2)9(5-7)6-10;1-7-4-5-8(2)9(3)6-7;1-11-5-6-4-7(9)2-3-8(6)10;1-5-4-6(8)2-3-7(5)9/h4-6H,7H2,1-3H3;3-5H,6H2,1-2H3;4-6H,1-3H3;2-4H,5,9-10H2,1H3;2-4H,8-9H2,1H3. The van der Waals surface area contributed by atoms with Crippen LogP contribution in [0.4, 0.5) is 22.7 Å². The van der Waals surface area contributed by atoms with Crippen LogP contribution in [0.15, 0.2) is 91.0 Å². The van der Waals surface area contributed by atoms with Crippen LogP contribution in [0, 0.1) is 55.4 Å². The SMILES string of the molecule is COCc1cc(C)ccc1C.COCc1cc(N)ccc1N.Cc1cc(N)ccc1N.Cc1ccc(C)c(C)c1.Cc1ccc(C)c(CBr)c1. The molecule has 0 saturated heterocycles. The Balaban J connectivity index is 0.000000313. The molecular weight excluding hydrogens is 684 g/mol. The van der Waals surface area contributed by atoms with Crippen molar-refractivity contribution in [3.63, 3.8) is 0 Å². The highest BCUT2D eigenvalue weighted by Gasteiger charge is 1.98. The molecule has 0 unspecified atom stereocenters. The third-order valence-corrected chi connectivity index (χ3v) is 8.48. The van der Waals surface area contributed by atoms with Crippen molar-refractivity contribution in [3.05, 3.63) is 152 Å². The van der Waals surface area contributed by atoms with Crippen molar-refractivity contribution < 1.29 is 9.47 Å². The second-order valence-corrected chi connectivity index (χ2v) is 13.1. The van der Waals surface area contributed by atoms with Crippen LogP contribution < -0.4 is 22.9 Å². The molecule has 6 nitrogen and oxygen atoms in total. The van der Waals surface area contributed by atoms with Crippen molar-refractivity contribution in [1.82, 2.24) is 0 Å². The Morgan fingerprint density at radius 1 is 0.420 bits per heavy atom. The van der Waals surface area contributed by atoms with Gasteiger partial charge in [0.05, 0.1) is 13.2 Å². The fourth-order valence-electron chi connectivity index (χ4n) is 4.55. The first-order chi connectivity index (χ1) is 23.6. The van der Waals surface area contributed by atoms with Crippen molar-refractivity contribution in [2.75, 3.05) is 37.2 Å². The molecule has 0 aliphatic rings. The van der Waals surface area contributed by atoms with Gasteiger partial charge in [-0.2, -0.15) is 0 Å². The highest BCUT2D eigenvalue weighted by Crippen LogP contribution is 2.16. The lowest BCUT2D eigenvalue weighted by Crippen LogP contribution is -1.97. The molecule has 7 heteroatoms. The zero-order chi connectivity index (χ0) is 37.8. The molecule has 8 N–H and O–H groups in total. The average molecular weight is 744 g/mol. The molecule has 0 atom stereocenters. The molecule has 0 heterocycles. The molecule has 0 spiro atoms. The number of benzene rings is 5. The summed E-state index contributed by atoms with van der Waals surface area (Å²) < 4.78 is 9.99. The maximum absolute atomic E-state index is 5.64. The van der Waals surface area contributed by atoms with Crippen molar-refractivity contribution in [2.45, 2.75) is 73.9 Å². The number of ether oxygens (including phenoxy) is 2. The lowest BCUT2D eigenvalue weighted by atomic mass is 10.1. The fourth-order valence-corrected chi connectivity index (χ4v) is 5.16. The monoisotopic (exact) mass is 742 g/mol. The van der Waals surface area contributed by atoms with E-state index >= 15 is 0 Å². The van der Waals surface area contributed by atoms with Gasteiger partial charge in [-0.3, -0.25) is 0 Å². The normalized spacial score (nSPS) is 9.82. The summed E-state index contributed by atoms with van der Waals surface area (Å²) in [6, 6.07) is 30.3. The number of hydrogen-bond donors (Lipinski definition) is 4. The topological polar surface area (TPSA) is 123 Å². The van der Waals surface area contributed by atoms with Crippen LogP contribution >= 0.6 is 15.9 Å². The highest BCUT2D eigenvalue weighted by molar-refractivity contribution is 9.08.